The summed E-state index contributed by atoms with van der Waals surface area (Å²) in [6, 6.07) is -0.404. The zero-order valence-electron chi connectivity index (χ0n) is 11.4. The van der Waals surface area contributed by atoms with Crippen molar-refractivity contribution in [3.8, 4) is 0 Å². The van der Waals surface area contributed by atoms with E-state index in [0.717, 1.165) is 0 Å². The second-order valence-electron chi connectivity index (χ2n) is 5.58. The number of halogens is 1. The number of amides is 2. The summed E-state index contributed by atoms with van der Waals surface area (Å²) in [6.45, 7) is 7.88. The van der Waals surface area contributed by atoms with E-state index in [-0.39, 0.29) is 11.8 Å². The molecule has 1 rings (SSSR count). The highest BCUT2D eigenvalue weighted by Gasteiger charge is 2.44. The molecule has 4 nitrogen and oxygen atoms in total. The molecule has 18 heavy (non-hydrogen) atoms. The van der Waals surface area contributed by atoms with E-state index in [9.17, 15) is 9.59 Å². The van der Waals surface area contributed by atoms with Crippen molar-refractivity contribution >= 4 is 23.4 Å². The van der Waals surface area contributed by atoms with Gasteiger partial charge in [-0.15, -0.1) is 0 Å². The Bertz CT molecular complexity index is 364. The number of carbonyl (C=O) groups is 2. The van der Waals surface area contributed by atoms with Gasteiger partial charge in [0, 0.05) is 12.1 Å². The molecule has 0 aromatic rings. The Morgan fingerprint density at radius 3 is 2.56 bits per heavy atom. The molecular formula is C13H21ClN2O2. The van der Waals surface area contributed by atoms with Crippen LogP contribution in [0.15, 0.2) is 11.6 Å². The second-order valence-corrected chi connectivity index (χ2v) is 5.83. The van der Waals surface area contributed by atoms with Crippen LogP contribution in [0.4, 0.5) is 0 Å². The third-order valence-corrected chi connectivity index (χ3v) is 3.17. The van der Waals surface area contributed by atoms with Gasteiger partial charge in [0.25, 0.3) is 0 Å². The Labute approximate surface area is 113 Å². The first-order chi connectivity index (χ1) is 8.29. The molecule has 1 aliphatic heterocycles. The molecule has 0 aliphatic carbocycles. The SMILES string of the molecule is CC(C)CC1C(=O)NC(C)(C)C(=O)N1C/C=C/Cl. The van der Waals surface area contributed by atoms with Crippen molar-refractivity contribution in [3.05, 3.63) is 11.6 Å². The number of nitrogens with one attached hydrogen (secondary N) is 1. The van der Waals surface area contributed by atoms with Crippen molar-refractivity contribution < 1.29 is 9.59 Å². The molecule has 1 N–H and O–H groups in total. The summed E-state index contributed by atoms with van der Waals surface area (Å²) < 4.78 is 0. The molecule has 1 heterocycles. The summed E-state index contributed by atoms with van der Waals surface area (Å²) >= 11 is 5.51. The van der Waals surface area contributed by atoms with Crippen molar-refractivity contribution in [3.63, 3.8) is 0 Å². The van der Waals surface area contributed by atoms with Gasteiger partial charge in [-0.1, -0.05) is 31.5 Å². The number of hydrogen-bond acceptors (Lipinski definition) is 2. The monoisotopic (exact) mass is 272 g/mol. The number of hydrogen-bond donors (Lipinski definition) is 1. The van der Waals surface area contributed by atoms with Crippen LogP contribution in [0.2, 0.25) is 0 Å². The molecule has 1 unspecified atom stereocenters. The van der Waals surface area contributed by atoms with E-state index in [1.807, 2.05) is 13.8 Å². The Morgan fingerprint density at radius 2 is 2.06 bits per heavy atom. The fraction of sp³-hybridized carbons (Fsp3) is 0.692. The van der Waals surface area contributed by atoms with Crippen LogP contribution in [0.5, 0.6) is 0 Å². The Balaban J connectivity index is 2.98. The minimum atomic E-state index is -0.843. The van der Waals surface area contributed by atoms with E-state index in [1.165, 1.54) is 5.54 Å². The average Bonchev–Trinajstić information content (AvgIpc) is 2.24. The molecule has 0 radical (unpaired) electrons. The van der Waals surface area contributed by atoms with Gasteiger partial charge < -0.3 is 10.2 Å². The minimum absolute atomic E-state index is 0.0671. The van der Waals surface area contributed by atoms with E-state index < -0.39 is 11.6 Å². The van der Waals surface area contributed by atoms with Gasteiger partial charge in [-0.3, -0.25) is 9.59 Å². The molecular weight excluding hydrogens is 252 g/mol. The molecule has 2 amide bonds. The van der Waals surface area contributed by atoms with Crippen LogP contribution in [0.3, 0.4) is 0 Å². The van der Waals surface area contributed by atoms with Crippen molar-refractivity contribution in [2.75, 3.05) is 6.54 Å². The van der Waals surface area contributed by atoms with Crippen LogP contribution in [0.25, 0.3) is 0 Å². The first-order valence-corrected chi connectivity index (χ1v) is 6.61. The molecule has 0 aromatic carbocycles. The third-order valence-electron chi connectivity index (χ3n) is 3.00. The fourth-order valence-electron chi connectivity index (χ4n) is 2.13. The van der Waals surface area contributed by atoms with Crippen LogP contribution < -0.4 is 5.32 Å². The predicted octanol–water partition coefficient (Wildman–Crippen LogP) is 1.89. The lowest BCUT2D eigenvalue weighted by Crippen LogP contribution is -2.68. The quantitative estimate of drug-likeness (QED) is 0.850. The lowest BCUT2D eigenvalue weighted by Gasteiger charge is -2.43. The fourth-order valence-corrected chi connectivity index (χ4v) is 2.21. The van der Waals surface area contributed by atoms with Gasteiger partial charge in [-0.25, -0.2) is 0 Å². The summed E-state index contributed by atoms with van der Waals surface area (Å²) in [5.74, 6) is 0.191. The molecule has 5 heteroatoms. The summed E-state index contributed by atoms with van der Waals surface area (Å²) in [5, 5.41) is 2.78. The highest BCUT2D eigenvalue weighted by Crippen LogP contribution is 2.22. The van der Waals surface area contributed by atoms with Crippen LogP contribution in [0, 0.1) is 5.92 Å². The Hall–Kier alpha value is -1.03. The summed E-state index contributed by atoms with van der Waals surface area (Å²) in [4.78, 5) is 26.0. The van der Waals surface area contributed by atoms with E-state index in [2.05, 4.69) is 5.32 Å². The van der Waals surface area contributed by atoms with E-state index >= 15 is 0 Å². The van der Waals surface area contributed by atoms with E-state index in [4.69, 9.17) is 11.6 Å². The third kappa shape index (κ3) is 3.25. The maximum absolute atomic E-state index is 12.3. The molecule has 1 fully saturated rings. The van der Waals surface area contributed by atoms with Gasteiger partial charge in [0.1, 0.15) is 11.6 Å². The molecule has 0 saturated carbocycles. The van der Waals surface area contributed by atoms with Gasteiger partial charge in [-0.05, 0) is 26.2 Å². The number of nitrogens with zero attached hydrogens (tertiary/aromatic N) is 1. The van der Waals surface area contributed by atoms with Gasteiger partial charge >= 0.3 is 0 Å². The highest BCUT2D eigenvalue weighted by atomic mass is 35.5. The molecule has 1 aliphatic rings. The normalized spacial score (nSPS) is 23.9. The maximum atomic E-state index is 12.3. The van der Waals surface area contributed by atoms with E-state index in [0.29, 0.717) is 18.9 Å². The highest BCUT2D eigenvalue weighted by molar-refractivity contribution is 6.25. The first kappa shape index (κ1) is 15.0. The molecule has 102 valence electrons. The van der Waals surface area contributed by atoms with Crippen molar-refractivity contribution in [1.29, 1.82) is 0 Å². The van der Waals surface area contributed by atoms with Crippen LogP contribution >= 0.6 is 11.6 Å². The summed E-state index contributed by atoms with van der Waals surface area (Å²) in [6.07, 6.45) is 2.34. The largest absolute Gasteiger partial charge is 0.340 e. The summed E-state index contributed by atoms with van der Waals surface area (Å²) in [7, 11) is 0. The van der Waals surface area contributed by atoms with Gasteiger partial charge in [-0.2, -0.15) is 0 Å². The maximum Gasteiger partial charge on any atom is 0.248 e. The van der Waals surface area contributed by atoms with Crippen molar-refractivity contribution in [2.24, 2.45) is 5.92 Å². The lowest BCUT2D eigenvalue weighted by atomic mass is 9.92. The lowest BCUT2D eigenvalue weighted by molar-refractivity contribution is -0.153. The van der Waals surface area contributed by atoms with Crippen LogP contribution in [-0.2, 0) is 9.59 Å². The molecule has 0 spiro atoms. The molecule has 0 bridgehead atoms. The standard InChI is InChI=1S/C13H21ClN2O2/c1-9(2)8-10-11(17)15-13(3,4)12(18)16(10)7-5-6-14/h5-6,9-10H,7-8H2,1-4H3,(H,15,17)/b6-5+. The topological polar surface area (TPSA) is 49.4 Å². The predicted molar refractivity (Wildman–Crippen MR) is 72.2 cm³/mol. The Kier molecular flexibility index (Phi) is 4.79. The zero-order valence-corrected chi connectivity index (χ0v) is 12.1. The number of carbonyl (C=O) groups excluding carboxylic acids is 2. The second kappa shape index (κ2) is 5.74. The van der Waals surface area contributed by atoms with Crippen molar-refractivity contribution in [1.82, 2.24) is 10.2 Å². The first-order valence-electron chi connectivity index (χ1n) is 6.18. The molecule has 1 atom stereocenters. The smallest absolute Gasteiger partial charge is 0.248 e. The number of rotatable bonds is 4. The van der Waals surface area contributed by atoms with E-state index in [1.54, 1.807) is 24.8 Å². The summed E-state index contributed by atoms with van der Waals surface area (Å²) in [5.41, 5.74) is 0.532. The van der Waals surface area contributed by atoms with Crippen molar-refractivity contribution in [2.45, 2.75) is 45.7 Å². The van der Waals surface area contributed by atoms with Crippen LogP contribution in [0.1, 0.15) is 34.1 Å². The average molecular weight is 273 g/mol. The van der Waals surface area contributed by atoms with Gasteiger partial charge in [0.05, 0.1) is 0 Å². The molecule has 1 saturated heterocycles. The zero-order chi connectivity index (χ0) is 13.9. The minimum Gasteiger partial charge on any atom is -0.340 e. The number of piperazine rings is 1. The van der Waals surface area contributed by atoms with Gasteiger partial charge in [0.2, 0.25) is 11.8 Å². The van der Waals surface area contributed by atoms with Gasteiger partial charge in [0.15, 0.2) is 0 Å². The van der Waals surface area contributed by atoms with Crippen LogP contribution in [-0.4, -0.2) is 34.8 Å². The molecule has 0 aromatic heterocycles. The Morgan fingerprint density at radius 1 is 1.44 bits per heavy atom.